The number of H-pyrrole nitrogens is 1. The van der Waals surface area contributed by atoms with E-state index in [0.29, 0.717) is 21.6 Å². The van der Waals surface area contributed by atoms with E-state index in [9.17, 15) is 9.35 Å². The third-order valence-corrected chi connectivity index (χ3v) is 4.62. The van der Waals surface area contributed by atoms with Gasteiger partial charge in [-0.25, -0.2) is 4.98 Å². The Morgan fingerprint density at radius 1 is 1.33 bits per heavy atom. The molecule has 2 heterocycles. The van der Waals surface area contributed by atoms with Crippen LogP contribution in [0.3, 0.4) is 0 Å². The van der Waals surface area contributed by atoms with Crippen LogP contribution in [0.5, 0.6) is 0 Å². The predicted molar refractivity (Wildman–Crippen MR) is 96.0 cm³/mol. The Labute approximate surface area is 146 Å². The Balaban J connectivity index is 1.93. The van der Waals surface area contributed by atoms with Gasteiger partial charge < -0.3 is 14.9 Å². The number of aromatic nitrogens is 3. The van der Waals surface area contributed by atoms with Crippen molar-refractivity contribution in [3.8, 4) is 0 Å². The van der Waals surface area contributed by atoms with Crippen molar-refractivity contribution >= 4 is 39.6 Å². The number of nitrogens with one attached hydrogen (secondary N) is 2. The number of hydrogen-bond donors (Lipinski definition) is 2. The van der Waals surface area contributed by atoms with Gasteiger partial charge in [0.1, 0.15) is 6.26 Å². The largest absolute Gasteiger partial charge is 0.610 e. The second-order valence-electron chi connectivity index (χ2n) is 5.32. The van der Waals surface area contributed by atoms with Crippen LogP contribution >= 0.6 is 11.6 Å². The lowest BCUT2D eigenvalue weighted by molar-refractivity contribution is 0.597. The molecule has 2 aromatic heterocycles. The van der Waals surface area contributed by atoms with Gasteiger partial charge >= 0.3 is 0 Å². The fraction of sp³-hybridized carbons (Fsp3) is 0.188. The molecule has 1 unspecified atom stereocenters. The second kappa shape index (κ2) is 6.80. The van der Waals surface area contributed by atoms with Crippen molar-refractivity contribution in [2.75, 3.05) is 11.6 Å². The van der Waals surface area contributed by atoms with Gasteiger partial charge in [0.25, 0.3) is 5.56 Å². The van der Waals surface area contributed by atoms with Crippen molar-refractivity contribution in [1.29, 1.82) is 0 Å². The zero-order valence-electron chi connectivity index (χ0n) is 13.0. The average molecular weight is 363 g/mol. The third-order valence-electron chi connectivity index (χ3n) is 3.57. The quantitative estimate of drug-likeness (QED) is 0.549. The molecule has 8 heteroatoms. The molecule has 0 aliphatic carbocycles. The van der Waals surface area contributed by atoms with Crippen LogP contribution in [0.1, 0.15) is 18.5 Å². The molecule has 0 saturated carbocycles. The number of rotatable bonds is 4. The first kappa shape index (κ1) is 16.8. The van der Waals surface area contributed by atoms with Crippen molar-refractivity contribution in [3.05, 3.63) is 57.5 Å². The number of benzene rings is 1. The molecule has 0 spiro atoms. The minimum atomic E-state index is -1.20. The maximum atomic E-state index is 12.3. The van der Waals surface area contributed by atoms with E-state index < -0.39 is 11.2 Å². The van der Waals surface area contributed by atoms with Crippen molar-refractivity contribution in [2.24, 2.45) is 0 Å². The molecule has 0 amide bonds. The molecule has 0 saturated heterocycles. The van der Waals surface area contributed by atoms with Crippen LogP contribution in [0.15, 0.2) is 46.3 Å². The second-order valence-corrected chi connectivity index (χ2v) is 7.09. The summed E-state index contributed by atoms with van der Waals surface area (Å²) in [5.74, 6) is 0.320. The number of fused-ring (bicyclic) bond motifs is 1. The highest BCUT2D eigenvalue weighted by atomic mass is 35.5. The van der Waals surface area contributed by atoms with Gasteiger partial charge in [-0.1, -0.05) is 11.6 Å². The summed E-state index contributed by atoms with van der Waals surface area (Å²) in [6.07, 6.45) is 3.08. The van der Waals surface area contributed by atoms with Gasteiger partial charge in [0.05, 0.1) is 6.04 Å². The number of halogens is 1. The molecule has 24 heavy (non-hydrogen) atoms. The van der Waals surface area contributed by atoms with Crippen LogP contribution in [0.25, 0.3) is 10.9 Å². The molecule has 3 rings (SSSR count). The molecule has 0 aliphatic heterocycles. The normalized spacial score (nSPS) is 13.7. The van der Waals surface area contributed by atoms with E-state index >= 15 is 0 Å². The number of aromatic amines is 1. The summed E-state index contributed by atoms with van der Waals surface area (Å²) in [7, 11) is 0. The van der Waals surface area contributed by atoms with E-state index in [2.05, 4.69) is 20.3 Å². The van der Waals surface area contributed by atoms with Crippen LogP contribution in [0.4, 0.5) is 5.95 Å². The summed E-state index contributed by atoms with van der Waals surface area (Å²) in [4.78, 5) is 23.4. The van der Waals surface area contributed by atoms with Gasteiger partial charge in [-0.15, -0.1) is 0 Å². The summed E-state index contributed by atoms with van der Waals surface area (Å²) >= 11 is 4.81. The fourth-order valence-electron chi connectivity index (χ4n) is 2.36. The molecule has 0 aliphatic rings. The van der Waals surface area contributed by atoms with Crippen molar-refractivity contribution in [2.45, 2.75) is 18.0 Å². The number of nitrogens with zero attached hydrogens (tertiary/aromatic N) is 2. The fourth-order valence-corrected chi connectivity index (χ4v) is 3.01. The summed E-state index contributed by atoms with van der Waals surface area (Å²) in [6, 6.07) is 8.34. The maximum Gasteiger partial charge on any atom is 0.253 e. The molecular weight excluding hydrogens is 348 g/mol. The predicted octanol–water partition coefficient (Wildman–Crippen LogP) is 2.88. The van der Waals surface area contributed by atoms with Gasteiger partial charge in [-0.05, 0) is 31.2 Å². The molecule has 6 nitrogen and oxygen atoms in total. The first-order valence-corrected chi connectivity index (χ1v) is 9.13. The first-order valence-electron chi connectivity index (χ1n) is 7.19. The molecule has 2 atom stereocenters. The van der Waals surface area contributed by atoms with Gasteiger partial charge in [-0.2, -0.15) is 4.98 Å². The smallest absolute Gasteiger partial charge is 0.253 e. The van der Waals surface area contributed by atoms with E-state index in [-0.39, 0.29) is 11.6 Å². The van der Waals surface area contributed by atoms with Crippen LogP contribution in [-0.4, -0.2) is 25.8 Å². The summed E-state index contributed by atoms with van der Waals surface area (Å²) < 4.78 is 11.5. The minimum absolute atomic E-state index is 0.194. The Morgan fingerprint density at radius 3 is 2.88 bits per heavy atom. The lowest BCUT2D eigenvalue weighted by Crippen LogP contribution is -2.20. The van der Waals surface area contributed by atoms with E-state index in [0.717, 1.165) is 10.9 Å². The van der Waals surface area contributed by atoms with Gasteiger partial charge in [0.15, 0.2) is 0 Å². The summed E-state index contributed by atoms with van der Waals surface area (Å²) in [5.41, 5.74) is 1.07. The Kier molecular flexibility index (Phi) is 4.75. The summed E-state index contributed by atoms with van der Waals surface area (Å²) in [6.45, 7) is 1.83. The van der Waals surface area contributed by atoms with E-state index in [1.165, 1.54) is 6.20 Å². The zero-order chi connectivity index (χ0) is 17.3. The molecule has 0 bridgehead atoms. The van der Waals surface area contributed by atoms with Crippen LogP contribution in [0.2, 0.25) is 5.02 Å². The number of pyridine rings is 1. The average Bonchev–Trinajstić information content (AvgIpc) is 2.54. The van der Waals surface area contributed by atoms with Crippen LogP contribution < -0.4 is 10.9 Å². The highest BCUT2D eigenvalue weighted by molar-refractivity contribution is 7.90. The van der Waals surface area contributed by atoms with Crippen molar-refractivity contribution in [1.82, 2.24) is 15.0 Å². The highest BCUT2D eigenvalue weighted by Crippen LogP contribution is 2.21. The van der Waals surface area contributed by atoms with E-state index in [1.54, 1.807) is 36.6 Å². The van der Waals surface area contributed by atoms with Gasteiger partial charge in [-0.3, -0.25) is 4.79 Å². The van der Waals surface area contributed by atoms with E-state index in [1.807, 2.05) is 6.92 Å². The number of anilines is 1. The molecule has 1 aromatic carbocycles. The van der Waals surface area contributed by atoms with Crippen LogP contribution in [0, 0.1) is 0 Å². The molecular formula is C16H15ClN4O2S. The number of hydrogen-bond acceptors (Lipinski definition) is 5. The standard InChI is InChI=1S/C16H15ClN4O2S/c1-9(19-16-18-6-5-14(21-16)24(2)23)12-8-10-7-11(17)3-4-13(10)20-15(12)22/h3-9H,1-2H3,(H,20,22)(H,18,19,21)/t9?,24-/m1/s1. The summed E-state index contributed by atoms with van der Waals surface area (Å²) in [5, 5.41) is 4.94. The van der Waals surface area contributed by atoms with E-state index in [4.69, 9.17) is 11.6 Å². The third kappa shape index (κ3) is 3.53. The van der Waals surface area contributed by atoms with Crippen molar-refractivity contribution < 1.29 is 4.55 Å². The minimum Gasteiger partial charge on any atom is -0.610 e. The topological polar surface area (TPSA) is 93.7 Å². The van der Waals surface area contributed by atoms with Crippen molar-refractivity contribution in [3.63, 3.8) is 0 Å². The molecule has 0 radical (unpaired) electrons. The zero-order valence-corrected chi connectivity index (χ0v) is 14.6. The SMILES string of the molecule is CC(Nc1nccc([S@@+](C)[O-])n1)c1cc2cc(Cl)ccc2[nH]c1=O. The monoisotopic (exact) mass is 362 g/mol. The lowest BCUT2D eigenvalue weighted by atomic mass is 10.1. The molecule has 3 aromatic rings. The maximum absolute atomic E-state index is 12.3. The van der Waals surface area contributed by atoms with Gasteiger partial charge in [0.2, 0.25) is 11.0 Å². The Morgan fingerprint density at radius 2 is 2.12 bits per heavy atom. The lowest BCUT2D eigenvalue weighted by Gasteiger charge is -2.14. The Bertz CT molecular complexity index is 945. The molecule has 124 valence electrons. The molecule has 0 fully saturated rings. The highest BCUT2D eigenvalue weighted by Gasteiger charge is 2.14. The Hall–Kier alpha value is -2.09. The first-order chi connectivity index (χ1) is 11.4. The molecule has 2 N–H and O–H groups in total. The van der Waals surface area contributed by atoms with Crippen LogP contribution in [-0.2, 0) is 11.2 Å². The van der Waals surface area contributed by atoms with Gasteiger partial charge in [0, 0.05) is 44.9 Å².